The number of nitrogens with one attached hydrogen (secondary N) is 1. The van der Waals surface area contributed by atoms with Crippen molar-refractivity contribution in [1.82, 2.24) is 4.98 Å². The lowest BCUT2D eigenvalue weighted by Gasteiger charge is -2.02. The number of aromatic nitrogens is 1. The van der Waals surface area contributed by atoms with Crippen molar-refractivity contribution in [2.45, 2.75) is 24.3 Å². The second-order valence-electron chi connectivity index (χ2n) is 5.14. The summed E-state index contributed by atoms with van der Waals surface area (Å²) in [6.45, 7) is 2.03. The average molecular weight is 353 g/mol. The largest absolute Gasteiger partial charge is 0.361 e. The number of benzene rings is 2. The molecule has 0 spiro atoms. The monoisotopic (exact) mass is 352 g/mol. The molecule has 22 heavy (non-hydrogen) atoms. The summed E-state index contributed by atoms with van der Waals surface area (Å²) in [7, 11) is 0. The molecule has 0 saturated heterocycles. The van der Waals surface area contributed by atoms with Crippen LogP contribution < -0.4 is 5.73 Å². The van der Waals surface area contributed by atoms with Crippen LogP contribution in [0.1, 0.15) is 12.5 Å². The molecule has 0 aliphatic rings. The zero-order valence-electron chi connectivity index (χ0n) is 12.2. The van der Waals surface area contributed by atoms with Gasteiger partial charge in [-0.05, 0) is 43.2 Å². The van der Waals surface area contributed by atoms with Crippen molar-refractivity contribution in [3.63, 3.8) is 0 Å². The van der Waals surface area contributed by atoms with Gasteiger partial charge in [-0.15, -0.1) is 12.6 Å². The fourth-order valence-corrected chi connectivity index (χ4v) is 2.71. The molecular weight excluding hydrogens is 335 g/mol. The summed E-state index contributed by atoms with van der Waals surface area (Å²) in [4.78, 5) is 4.06. The molecule has 1 atom stereocenters. The quantitative estimate of drug-likeness (QED) is 0.535. The molecule has 0 saturated carbocycles. The van der Waals surface area contributed by atoms with E-state index in [1.165, 1.54) is 16.5 Å². The Labute approximate surface area is 146 Å². The minimum atomic E-state index is 0.221. The fourth-order valence-electron chi connectivity index (χ4n) is 2.13. The van der Waals surface area contributed by atoms with E-state index >= 15 is 0 Å². The summed E-state index contributed by atoms with van der Waals surface area (Å²) >= 11 is 15.3. The number of rotatable bonds is 2. The van der Waals surface area contributed by atoms with E-state index in [0.29, 0.717) is 10.0 Å². The first-order chi connectivity index (χ1) is 10.5. The maximum atomic E-state index is 5.76. The lowest BCUT2D eigenvalue weighted by atomic mass is 10.1. The molecule has 5 heteroatoms. The first-order valence-electron chi connectivity index (χ1n) is 6.92. The van der Waals surface area contributed by atoms with Crippen molar-refractivity contribution in [2.75, 3.05) is 0 Å². The van der Waals surface area contributed by atoms with E-state index in [-0.39, 0.29) is 6.04 Å². The number of fused-ring (bicyclic) bond motifs is 1. The number of halogens is 2. The van der Waals surface area contributed by atoms with E-state index in [1.807, 2.05) is 19.2 Å². The Morgan fingerprint density at radius 1 is 1.14 bits per heavy atom. The second kappa shape index (κ2) is 7.93. The van der Waals surface area contributed by atoms with Crippen LogP contribution in [0.4, 0.5) is 0 Å². The van der Waals surface area contributed by atoms with Gasteiger partial charge in [0.05, 0.1) is 10.0 Å². The lowest BCUT2D eigenvalue weighted by molar-refractivity contribution is 0.741. The van der Waals surface area contributed by atoms with Gasteiger partial charge >= 0.3 is 0 Å². The molecular formula is C17H18Cl2N2S. The van der Waals surface area contributed by atoms with Crippen LogP contribution in [0.25, 0.3) is 10.9 Å². The lowest BCUT2D eigenvalue weighted by Crippen LogP contribution is -2.17. The van der Waals surface area contributed by atoms with E-state index in [2.05, 4.69) is 35.8 Å². The smallest absolute Gasteiger partial charge is 0.0603 e. The fraction of sp³-hybridized carbons (Fsp3) is 0.176. The maximum absolute atomic E-state index is 5.76. The van der Waals surface area contributed by atoms with Gasteiger partial charge in [-0.1, -0.05) is 41.4 Å². The van der Waals surface area contributed by atoms with E-state index in [9.17, 15) is 0 Å². The maximum Gasteiger partial charge on any atom is 0.0603 e. The van der Waals surface area contributed by atoms with Crippen molar-refractivity contribution in [3.8, 4) is 0 Å². The van der Waals surface area contributed by atoms with Gasteiger partial charge in [0.2, 0.25) is 0 Å². The number of thiol groups is 1. The highest BCUT2D eigenvalue weighted by Crippen LogP contribution is 2.23. The average Bonchev–Trinajstić information content (AvgIpc) is 2.87. The number of nitrogens with two attached hydrogens (primary N) is 1. The van der Waals surface area contributed by atoms with Crippen LogP contribution in [-0.2, 0) is 6.42 Å². The molecule has 2 aromatic carbocycles. The Hall–Kier alpha value is -1.13. The van der Waals surface area contributed by atoms with Crippen LogP contribution in [0.5, 0.6) is 0 Å². The molecule has 0 aliphatic heterocycles. The third-order valence-corrected chi connectivity index (χ3v) is 4.14. The molecule has 3 N–H and O–H groups in total. The molecule has 3 rings (SSSR count). The molecule has 3 aromatic rings. The van der Waals surface area contributed by atoms with E-state index < -0.39 is 0 Å². The molecule has 1 heterocycles. The van der Waals surface area contributed by atoms with Crippen molar-refractivity contribution < 1.29 is 0 Å². The first kappa shape index (κ1) is 17.2. The van der Waals surface area contributed by atoms with Gasteiger partial charge in [-0.2, -0.15) is 0 Å². The first-order valence-corrected chi connectivity index (χ1v) is 8.12. The predicted octanol–water partition coefficient (Wildman–Crippen LogP) is 5.34. The Morgan fingerprint density at radius 3 is 2.50 bits per heavy atom. The highest BCUT2D eigenvalue weighted by molar-refractivity contribution is 7.80. The van der Waals surface area contributed by atoms with Crippen LogP contribution >= 0.6 is 35.8 Å². The van der Waals surface area contributed by atoms with Gasteiger partial charge in [0.25, 0.3) is 0 Å². The van der Waals surface area contributed by atoms with Gasteiger partial charge < -0.3 is 10.7 Å². The minimum absolute atomic E-state index is 0.221. The Bertz CT molecular complexity index is 753. The van der Waals surface area contributed by atoms with Gasteiger partial charge in [0.15, 0.2) is 0 Å². The van der Waals surface area contributed by atoms with Crippen molar-refractivity contribution in [2.24, 2.45) is 5.73 Å². The van der Waals surface area contributed by atoms with Gasteiger partial charge in [-0.3, -0.25) is 0 Å². The SMILES string of the molecule is CC(N)Cc1c[nH]c2ccccc12.Sc1ccc(Cl)c(Cl)c1. The molecule has 0 fully saturated rings. The standard InChI is InChI=1S/C11H14N2.C6H4Cl2S/c1-8(12)6-9-7-13-11-5-3-2-4-10(9)11;7-5-2-1-4(9)3-6(5)8/h2-5,7-8,13H,6,12H2,1H3;1-3,9H. The predicted molar refractivity (Wildman–Crippen MR) is 99.4 cm³/mol. The third-order valence-electron chi connectivity index (χ3n) is 3.12. The number of aromatic amines is 1. The minimum Gasteiger partial charge on any atom is -0.361 e. The number of H-pyrrole nitrogens is 1. The molecule has 0 amide bonds. The molecule has 1 aromatic heterocycles. The summed E-state index contributed by atoms with van der Waals surface area (Å²) in [5, 5.41) is 2.40. The molecule has 116 valence electrons. The van der Waals surface area contributed by atoms with Gasteiger partial charge in [0.1, 0.15) is 0 Å². The van der Waals surface area contributed by atoms with Crippen molar-refractivity contribution in [3.05, 3.63) is 64.3 Å². The topological polar surface area (TPSA) is 41.8 Å². The van der Waals surface area contributed by atoms with E-state index in [4.69, 9.17) is 28.9 Å². The van der Waals surface area contributed by atoms with Crippen molar-refractivity contribution >= 4 is 46.7 Å². The summed E-state index contributed by atoms with van der Waals surface area (Å²) in [5.41, 5.74) is 8.26. The van der Waals surface area contributed by atoms with Crippen molar-refractivity contribution in [1.29, 1.82) is 0 Å². The zero-order valence-corrected chi connectivity index (χ0v) is 14.6. The van der Waals surface area contributed by atoms with E-state index in [1.54, 1.807) is 18.2 Å². The van der Waals surface area contributed by atoms with Crippen LogP contribution in [-0.4, -0.2) is 11.0 Å². The summed E-state index contributed by atoms with van der Waals surface area (Å²) < 4.78 is 0. The molecule has 2 nitrogen and oxygen atoms in total. The van der Waals surface area contributed by atoms with Crippen LogP contribution in [0.3, 0.4) is 0 Å². The molecule has 1 unspecified atom stereocenters. The Morgan fingerprint density at radius 2 is 1.86 bits per heavy atom. The molecule has 0 radical (unpaired) electrons. The van der Waals surface area contributed by atoms with Gasteiger partial charge in [0, 0.05) is 28.0 Å². The Kier molecular flexibility index (Phi) is 6.21. The van der Waals surface area contributed by atoms with Gasteiger partial charge in [-0.25, -0.2) is 0 Å². The number of hydrogen-bond donors (Lipinski definition) is 3. The highest BCUT2D eigenvalue weighted by atomic mass is 35.5. The summed E-state index contributed by atoms with van der Waals surface area (Å²) in [6.07, 6.45) is 2.98. The molecule has 0 aliphatic carbocycles. The van der Waals surface area contributed by atoms with Crippen LogP contribution in [0, 0.1) is 0 Å². The zero-order chi connectivity index (χ0) is 16.1. The molecule has 0 bridgehead atoms. The second-order valence-corrected chi connectivity index (χ2v) is 6.47. The summed E-state index contributed by atoms with van der Waals surface area (Å²) in [6, 6.07) is 13.7. The normalized spacial score (nSPS) is 11.9. The number of hydrogen-bond acceptors (Lipinski definition) is 2. The Balaban J connectivity index is 0.000000172. The third kappa shape index (κ3) is 4.68. The number of para-hydroxylation sites is 1. The van der Waals surface area contributed by atoms with Crippen LogP contribution in [0.2, 0.25) is 10.0 Å². The highest BCUT2D eigenvalue weighted by Gasteiger charge is 2.04. The van der Waals surface area contributed by atoms with E-state index in [0.717, 1.165) is 11.3 Å². The summed E-state index contributed by atoms with van der Waals surface area (Å²) in [5.74, 6) is 0. The van der Waals surface area contributed by atoms with Crippen LogP contribution in [0.15, 0.2) is 53.6 Å².